The molecule has 0 aliphatic carbocycles. The van der Waals surface area contributed by atoms with Crippen LogP contribution >= 0.6 is 0 Å². The number of carbonyl (C=O) groups excluding carboxylic acids is 1. The first-order valence-corrected chi connectivity index (χ1v) is 10.6. The van der Waals surface area contributed by atoms with Crippen LogP contribution in [0.5, 0.6) is 0 Å². The highest BCUT2D eigenvalue weighted by Crippen LogP contribution is 2.35. The first-order chi connectivity index (χ1) is 15.6. The molecule has 4 aromatic heterocycles. The molecule has 0 bridgehead atoms. The molecule has 1 aromatic carbocycles. The second-order valence-electron chi connectivity index (χ2n) is 8.11. The van der Waals surface area contributed by atoms with Gasteiger partial charge >= 0.3 is 0 Å². The van der Waals surface area contributed by atoms with Gasteiger partial charge in [0.15, 0.2) is 0 Å². The van der Waals surface area contributed by atoms with Gasteiger partial charge in [0.25, 0.3) is 5.91 Å². The maximum atomic E-state index is 13.6. The number of nitrogens with zero attached hydrogens (tertiary/aromatic N) is 6. The Morgan fingerprint density at radius 2 is 1.66 bits per heavy atom. The van der Waals surface area contributed by atoms with E-state index < -0.39 is 0 Å². The van der Waals surface area contributed by atoms with Crippen LogP contribution < -0.4 is 0 Å². The van der Waals surface area contributed by atoms with Gasteiger partial charge in [-0.1, -0.05) is 24.3 Å². The number of fused-ring (bicyclic) bond motifs is 3. The van der Waals surface area contributed by atoms with E-state index in [0.29, 0.717) is 18.2 Å². The summed E-state index contributed by atoms with van der Waals surface area (Å²) in [4.78, 5) is 28.6. The lowest BCUT2D eigenvalue weighted by Crippen LogP contribution is -2.28. The van der Waals surface area contributed by atoms with E-state index in [1.807, 2.05) is 41.0 Å². The molecule has 0 saturated carbocycles. The first kappa shape index (κ1) is 19.9. The molecule has 0 fully saturated rings. The van der Waals surface area contributed by atoms with Crippen molar-refractivity contribution in [2.24, 2.45) is 0 Å². The zero-order valence-corrected chi connectivity index (χ0v) is 18.3. The molecule has 7 nitrogen and oxygen atoms in total. The molecule has 0 saturated heterocycles. The summed E-state index contributed by atoms with van der Waals surface area (Å²) < 4.78 is 4.15. The van der Waals surface area contributed by atoms with Crippen LogP contribution in [-0.4, -0.2) is 41.9 Å². The number of benzene rings is 1. The third kappa shape index (κ3) is 3.22. The molecule has 7 heteroatoms. The summed E-state index contributed by atoms with van der Waals surface area (Å²) in [6, 6.07) is 17.9. The van der Waals surface area contributed by atoms with Crippen LogP contribution in [-0.2, 0) is 6.54 Å². The summed E-state index contributed by atoms with van der Waals surface area (Å²) >= 11 is 0. The molecule has 0 aliphatic rings. The van der Waals surface area contributed by atoms with E-state index >= 15 is 0 Å². The fourth-order valence-electron chi connectivity index (χ4n) is 4.28. The van der Waals surface area contributed by atoms with Gasteiger partial charge in [-0.25, -0.2) is 9.97 Å². The number of amides is 1. The van der Waals surface area contributed by atoms with Gasteiger partial charge in [0.05, 0.1) is 28.8 Å². The number of para-hydroxylation sites is 1. The van der Waals surface area contributed by atoms with E-state index in [9.17, 15) is 4.79 Å². The van der Waals surface area contributed by atoms with E-state index in [4.69, 9.17) is 0 Å². The second kappa shape index (κ2) is 7.92. The normalized spacial score (nSPS) is 11.5. The fourth-order valence-corrected chi connectivity index (χ4v) is 4.28. The van der Waals surface area contributed by atoms with Crippen molar-refractivity contribution in [1.29, 1.82) is 0 Å². The molecule has 0 unspecified atom stereocenters. The van der Waals surface area contributed by atoms with Gasteiger partial charge in [0, 0.05) is 37.1 Å². The molecule has 1 amide bonds. The Balaban J connectivity index is 1.74. The number of hydrogen-bond acceptors (Lipinski definition) is 4. The van der Waals surface area contributed by atoms with Crippen molar-refractivity contribution < 1.29 is 4.79 Å². The van der Waals surface area contributed by atoms with Crippen LogP contribution in [0, 0.1) is 0 Å². The number of pyridine rings is 1. The van der Waals surface area contributed by atoms with E-state index in [1.54, 1.807) is 36.6 Å². The molecule has 4 heterocycles. The van der Waals surface area contributed by atoms with Crippen molar-refractivity contribution >= 4 is 27.8 Å². The molecule has 5 rings (SSSR count). The summed E-state index contributed by atoms with van der Waals surface area (Å²) in [6.45, 7) is 4.71. The summed E-state index contributed by atoms with van der Waals surface area (Å²) in [7, 11) is 1.79. The smallest absolute Gasteiger partial charge is 0.271 e. The van der Waals surface area contributed by atoms with E-state index in [0.717, 1.165) is 27.6 Å². The lowest BCUT2D eigenvalue weighted by Gasteiger charge is -2.18. The molecular weight excluding hydrogens is 400 g/mol. The van der Waals surface area contributed by atoms with Crippen molar-refractivity contribution in [3.63, 3.8) is 0 Å². The van der Waals surface area contributed by atoms with Gasteiger partial charge in [-0.2, -0.15) is 0 Å². The highest BCUT2D eigenvalue weighted by atomic mass is 16.2. The molecule has 5 aromatic rings. The van der Waals surface area contributed by atoms with Gasteiger partial charge in [-0.15, -0.1) is 0 Å². The quantitative estimate of drug-likeness (QED) is 0.413. The summed E-state index contributed by atoms with van der Waals surface area (Å²) in [6.07, 6.45) is 5.13. The predicted molar refractivity (Wildman–Crippen MR) is 125 cm³/mol. The third-order valence-corrected chi connectivity index (χ3v) is 5.62. The van der Waals surface area contributed by atoms with Crippen molar-refractivity contribution in [2.75, 3.05) is 7.05 Å². The first-order valence-electron chi connectivity index (χ1n) is 10.6. The van der Waals surface area contributed by atoms with Crippen LogP contribution in [0.1, 0.15) is 36.1 Å². The van der Waals surface area contributed by atoms with Gasteiger partial charge in [-0.3, -0.25) is 14.3 Å². The standard InChI is InChI=1S/C25H24N6O/c1-17(2)30-20-11-5-4-10-19(20)23-21(30)15-22(31(23)25-27-13-8-14-28-25)24(32)29(3)16-18-9-6-7-12-26-18/h4-15,17H,16H2,1-3H3. The monoisotopic (exact) mass is 424 g/mol. The van der Waals surface area contributed by atoms with Crippen molar-refractivity contribution in [1.82, 2.24) is 29.0 Å². The minimum absolute atomic E-state index is 0.112. The minimum atomic E-state index is -0.112. The van der Waals surface area contributed by atoms with Crippen molar-refractivity contribution in [2.45, 2.75) is 26.4 Å². The molecular formula is C25H24N6O. The maximum Gasteiger partial charge on any atom is 0.271 e. The fraction of sp³-hybridized carbons (Fsp3) is 0.200. The van der Waals surface area contributed by atoms with Gasteiger partial charge in [0.1, 0.15) is 5.69 Å². The summed E-state index contributed by atoms with van der Waals surface area (Å²) in [5.41, 5.74) is 4.41. The number of hydrogen-bond donors (Lipinski definition) is 0. The third-order valence-electron chi connectivity index (χ3n) is 5.62. The van der Waals surface area contributed by atoms with Crippen LogP contribution in [0.2, 0.25) is 0 Å². The predicted octanol–water partition coefficient (Wildman–Crippen LogP) is 4.62. The zero-order chi connectivity index (χ0) is 22.2. The molecule has 0 aliphatic heterocycles. The largest absolute Gasteiger partial charge is 0.337 e. The SMILES string of the molecule is CC(C)n1c2ccccc2c2c1cc(C(=O)N(C)Cc1ccccn1)n2-c1ncccn1. The molecule has 0 N–H and O–H groups in total. The number of carbonyl (C=O) groups is 1. The Kier molecular flexibility index (Phi) is 4.93. The topological polar surface area (TPSA) is 68.8 Å². The Morgan fingerprint density at radius 1 is 0.938 bits per heavy atom. The van der Waals surface area contributed by atoms with E-state index in [2.05, 4.69) is 45.5 Å². The minimum Gasteiger partial charge on any atom is -0.337 e. The lowest BCUT2D eigenvalue weighted by molar-refractivity contribution is 0.0775. The molecule has 32 heavy (non-hydrogen) atoms. The number of rotatable bonds is 5. The Bertz CT molecular complexity index is 1400. The van der Waals surface area contributed by atoms with E-state index in [-0.39, 0.29) is 11.9 Å². The van der Waals surface area contributed by atoms with Crippen LogP contribution in [0.15, 0.2) is 73.2 Å². The van der Waals surface area contributed by atoms with Crippen LogP contribution in [0.3, 0.4) is 0 Å². The Hall–Kier alpha value is -4.00. The molecule has 0 spiro atoms. The highest BCUT2D eigenvalue weighted by molar-refractivity contribution is 6.11. The Morgan fingerprint density at radius 3 is 2.38 bits per heavy atom. The van der Waals surface area contributed by atoms with Crippen LogP contribution in [0.25, 0.3) is 27.9 Å². The van der Waals surface area contributed by atoms with Crippen molar-refractivity contribution in [3.8, 4) is 5.95 Å². The number of aromatic nitrogens is 5. The van der Waals surface area contributed by atoms with Crippen molar-refractivity contribution in [3.05, 3.63) is 84.6 Å². The average Bonchev–Trinajstić information content (AvgIpc) is 3.34. The lowest BCUT2D eigenvalue weighted by atomic mass is 10.2. The van der Waals surface area contributed by atoms with E-state index in [1.165, 1.54) is 0 Å². The maximum absolute atomic E-state index is 13.6. The summed E-state index contributed by atoms with van der Waals surface area (Å²) in [5, 5.41) is 1.06. The van der Waals surface area contributed by atoms with Gasteiger partial charge in [0.2, 0.25) is 5.95 Å². The molecule has 0 radical (unpaired) electrons. The van der Waals surface area contributed by atoms with Gasteiger partial charge < -0.3 is 9.47 Å². The van der Waals surface area contributed by atoms with Crippen LogP contribution in [0.4, 0.5) is 0 Å². The van der Waals surface area contributed by atoms with Gasteiger partial charge in [-0.05, 0) is 44.2 Å². The molecule has 160 valence electrons. The summed E-state index contributed by atoms with van der Waals surface area (Å²) in [5.74, 6) is 0.363. The average molecular weight is 425 g/mol. The Labute approximate surface area is 186 Å². The highest BCUT2D eigenvalue weighted by Gasteiger charge is 2.26. The second-order valence-corrected chi connectivity index (χ2v) is 8.11. The molecule has 0 atom stereocenters. The zero-order valence-electron chi connectivity index (χ0n) is 18.3.